The Bertz CT molecular complexity index is 383. The molecule has 4 heteroatoms. The molecule has 1 aromatic heterocycles. The number of amides is 1. The maximum absolute atomic E-state index is 11.3. The van der Waals surface area contributed by atoms with Crippen LogP contribution in [0.5, 0.6) is 0 Å². The average Bonchev–Trinajstić information content (AvgIpc) is 3.01. The fourth-order valence-corrected chi connectivity index (χ4v) is 3.89. The molecule has 18 heavy (non-hydrogen) atoms. The first-order valence-corrected chi connectivity index (χ1v) is 7.62. The molecule has 1 atom stereocenters. The number of primary amides is 1. The van der Waals surface area contributed by atoms with Crippen LogP contribution in [0.25, 0.3) is 0 Å². The molecule has 0 spiro atoms. The molecule has 1 aliphatic rings. The Labute approximate surface area is 113 Å². The number of nitrogens with two attached hydrogens (primary N) is 1. The van der Waals surface area contributed by atoms with Gasteiger partial charge in [0, 0.05) is 16.8 Å². The fourth-order valence-electron chi connectivity index (χ4n) is 2.91. The van der Waals surface area contributed by atoms with E-state index in [1.54, 1.807) is 0 Å². The standard InChI is InChI=1S/C14H22N2OS/c1-2-11(13(15)17)16-10-14(7-3-4-8-14)12-6-5-9-18-12/h5-6,9,11,16H,2-4,7-8,10H2,1H3,(H2,15,17)/t11-/m0/s1. The van der Waals surface area contributed by atoms with Crippen molar-refractivity contribution in [1.29, 1.82) is 0 Å². The number of rotatable bonds is 6. The molecule has 0 saturated heterocycles. The van der Waals surface area contributed by atoms with Crippen molar-refractivity contribution in [3.63, 3.8) is 0 Å². The molecule has 3 N–H and O–H groups in total. The highest BCUT2D eigenvalue weighted by Gasteiger charge is 2.36. The molecule has 2 rings (SSSR count). The average molecular weight is 266 g/mol. The van der Waals surface area contributed by atoms with Gasteiger partial charge >= 0.3 is 0 Å². The van der Waals surface area contributed by atoms with Crippen LogP contribution in [0.3, 0.4) is 0 Å². The molecular weight excluding hydrogens is 244 g/mol. The Morgan fingerprint density at radius 3 is 2.78 bits per heavy atom. The van der Waals surface area contributed by atoms with Crippen LogP contribution in [0, 0.1) is 0 Å². The molecule has 0 aliphatic heterocycles. The second-order valence-corrected chi connectivity index (χ2v) is 6.16. The molecular formula is C14H22N2OS. The van der Waals surface area contributed by atoms with E-state index in [1.807, 2.05) is 18.3 Å². The SMILES string of the molecule is CC[C@H](NCC1(c2cccs2)CCCC1)C(N)=O. The van der Waals surface area contributed by atoms with Crippen molar-refractivity contribution in [2.24, 2.45) is 5.73 Å². The molecule has 1 saturated carbocycles. The quantitative estimate of drug-likeness (QED) is 0.831. The van der Waals surface area contributed by atoms with Crippen molar-refractivity contribution in [1.82, 2.24) is 5.32 Å². The molecule has 0 aromatic carbocycles. The van der Waals surface area contributed by atoms with Gasteiger partial charge in [-0.3, -0.25) is 4.79 Å². The van der Waals surface area contributed by atoms with Gasteiger partial charge < -0.3 is 11.1 Å². The zero-order valence-corrected chi connectivity index (χ0v) is 11.8. The monoisotopic (exact) mass is 266 g/mol. The first-order valence-electron chi connectivity index (χ1n) is 6.74. The van der Waals surface area contributed by atoms with Gasteiger partial charge in [0.15, 0.2) is 0 Å². The molecule has 0 unspecified atom stereocenters. The van der Waals surface area contributed by atoms with E-state index in [0.717, 1.165) is 13.0 Å². The summed E-state index contributed by atoms with van der Waals surface area (Å²) in [5.41, 5.74) is 5.63. The number of carbonyl (C=O) groups is 1. The van der Waals surface area contributed by atoms with Crippen molar-refractivity contribution >= 4 is 17.2 Å². The number of nitrogens with one attached hydrogen (secondary N) is 1. The second-order valence-electron chi connectivity index (χ2n) is 5.21. The van der Waals surface area contributed by atoms with Gasteiger partial charge in [-0.15, -0.1) is 11.3 Å². The maximum atomic E-state index is 11.3. The third-order valence-electron chi connectivity index (χ3n) is 4.04. The Balaban J connectivity index is 2.06. The van der Waals surface area contributed by atoms with E-state index < -0.39 is 0 Å². The largest absolute Gasteiger partial charge is 0.368 e. The lowest BCUT2D eigenvalue weighted by atomic mass is 9.84. The lowest BCUT2D eigenvalue weighted by molar-refractivity contribution is -0.120. The summed E-state index contributed by atoms with van der Waals surface area (Å²) in [6, 6.07) is 4.15. The topological polar surface area (TPSA) is 55.1 Å². The lowest BCUT2D eigenvalue weighted by Crippen LogP contribution is -2.46. The van der Waals surface area contributed by atoms with Gasteiger partial charge in [0.05, 0.1) is 6.04 Å². The Morgan fingerprint density at radius 2 is 2.28 bits per heavy atom. The zero-order chi connectivity index (χ0) is 13.0. The summed E-state index contributed by atoms with van der Waals surface area (Å²) in [6.07, 6.45) is 5.77. The van der Waals surface area contributed by atoms with Crippen LogP contribution in [-0.2, 0) is 10.2 Å². The number of thiophene rings is 1. The number of carbonyl (C=O) groups excluding carboxylic acids is 1. The summed E-state index contributed by atoms with van der Waals surface area (Å²) in [5.74, 6) is -0.239. The maximum Gasteiger partial charge on any atom is 0.234 e. The molecule has 1 amide bonds. The van der Waals surface area contributed by atoms with E-state index in [1.165, 1.54) is 30.6 Å². The van der Waals surface area contributed by atoms with E-state index in [0.29, 0.717) is 0 Å². The first kappa shape index (κ1) is 13.6. The third-order valence-corrected chi connectivity index (χ3v) is 5.16. The first-order chi connectivity index (χ1) is 8.68. The summed E-state index contributed by atoms with van der Waals surface area (Å²) in [7, 11) is 0. The summed E-state index contributed by atoms with van der Waals surface area (Å²) in [6.45, 7) is 2.86. The van der Waals surface area contributed by atoms with Gasteiger partial charge in [-0.1, -0.05) is 25.8 Å². The van der Waals surface area contributed by atoms with Crippen LogP contribution >= 0.6 is 11.3 Å². The van der Waals surface area contributed by atoms with E-state index in [-0.39, 0.29) is 17.4 Å². The summed E-state index contributed by atoms with van der Waals surface area (Å²) < 4.78 is 0. The fraction of sp³-hybridized carbons (Fsp3) is 0.643. The minimum atomic E-state index is -0.239. The molecule has 1 aromatic rings. The van der Waals surface area contributed by atoms with Gasteiger partial charge in [-0.2, -0.15) is 0 Å². The number of hydrogen-bond donors (Lipinski definition) is 2. The third kappa shape index (κ3) is 2.75. The Hall–Kier alpha value is -0.870. The van der Waals surface area contributed by atoms with Crippen molar-refractivity contribution in [2.45, 2.75) is 50.5 Å². The molecule has 1 fully saturated rings. The van der Waals surface area contributed by atoms with Crippen LogP contribution in [0.4, 0.5) is 0 Å². The predicted molar refractivity (Wildman–Crippen MR) is 75.7 cm³/mol. The Kier molecular flexibility index (Phi) is 4.40. The van der Waals surface area contributed by atoms with Crippen LogP contribution in [0.15, 0.2) is 17.5 Å². The van der Waals surface area contributed by atoms with Gasteiger partial charge in [-0.05, 0) is 30.7 Å². The Morgan fingerprint density at radius 1 is 1.56 bits per heavy atom. The summed E-state index contributed by atoms with van der Waals surface area (Å²) in [5, 5.41) is 5.51. The highest BCUT2D eigenvalue weighted by molar-refractivity contribution is 7.10. The van der Waals surface area contributed by atoms with E-state index in [2.05, 4.69) is 22.8 Å². The molecule has 100 valence electrons. The molecule has 0 bridgehead atoms. The van der Waals surface area contributed by atoms with Crippen molar-refractivity contribution in [3.05, 3.63) is 22.4 Å². The molecule has 0 radical (unpaired) electrons. The van der Waals surface area contributed by atoms with Gasteiger partial charge in [-0.25, -0.2) is 0 Å². The lowest BCUT2D eigenvalue weighted by Gasteiger charge is -2.30. The van der Waals surface area contributed by atoms with E-state index in [4.69, 9.17) is 5.73 Å². The van der Waals surface area contributed by atoms with Crippen LogP contribution in [0.1, 0.15) is 43.9 Å². The van der Waals surface area contributed by atoms with E-state index >= 15 is 0 Å². The van der Waals surface area contributed by atoms with Crippen molar-refractivity contribution < 1.29 is 4.79 Å². The zero-order valence-electron chi connectivity index (χ0n) is 10.9. The molecule has 3 nitrogen and oxygen atoms in total. The van der Waals surface area contributed by atoms with Gasteiger partial charge in [0.1, 0.15) is 0 Å². The molecule has 1 heterocycles. The highest BCUT2D eigenvalue weighted by Crippen LogP contribution is 2.42. The normalized spacial score (nSPS) is 19.8. The smallest absolute Gasteiger partial charge is 0.234 e. The van der Waals surface area contributed by atoms with E-state index in [9.17, 15) is 4.79 Å². The molecule has 1 aliphatic carbocycles. The highest BCUT2D eigenvalue weighted by atomic mass is 32.1. The van der Waals surface area contributed by atoms with Crippen LogP contribution in [0.2, 0.25) is 0 Å². The summed E-state index contributed by atoms with van der Waals surface area (Å²) in [4.78, 5) is 12.7. The van der Waals surface area contributed by atoms with Gasteiger partial charge in [0.25, 0.3) is 0 Å². The van der Waals surface area contributed by atoms with Crippen LogP contribution in [-0.4, -0.2) is 18.5 Å². The van der Waals surface area contributed by atoms with Crippen molar-refractivity contribution in [2.75, 3.05) is 6.54 Å². The van der Waals surface area contributed by atoms with Crippen molar-refractivity contribution in [3.8, 4) is 0 Å². The minimum absolute atomic E-state index is 0.192. The summed E-state index contributed by atoms with van der Waals surface area (Å²) >= 11 is 1.83. The predicted octanol–water partition coefficient (Wildman–Crippen LogP) is 2.41. The second kappa shape index (κ2) is 5.85. The number of hydrogen-bond acceptors (Lipinski definition) is 3. The van der Waals surface area contributed by atoms with Crippen LogP contribution < -0.4 is 11.1 Å². The van der Waals surface area contributed by atoms with Gasteiger partial charge in [0.2, 0.25) is 5.91 Å². The minimum Gasteiger partial charge on any atom is -0.368 e.